The summed E-state index contributed by atoms with van der Waals surface area (Å²) in [6, 6.07) is 26.5. The van der Waals surface area contributed by atoms with Crippen LogP contribution in [0.2, 0.25) is 0 Å². The van der Waals surface area contributed by atoms with Crippen LogP contribution in [0.3, 0.4) is 0 Å². The second-order valence-electron chi connectivity index (χ2n) is 5.23. The zero-order valence-corrected chi connectivity index (χ0v) is 13.1. The van der Waals surface area contributed by atoms with Crippen LogP contribution in [0.15, 0.2) is 83.8 Å². The lowest BCUT2D eigenvalue weighted by molar-refractivity contribution is 0.469. The highest BCUT2D eigenvalue weighted by Gasteiger charge is 2.05. The van der Waals surface area contributed by atoms with Gasteiger partial charge in [-0.25, -0.2) is 0 Å². The van der Waals surface area contributed by atoms with Crippen LogP contribution in [0.5, 0.6) is 5.75 Å². The molecule has 3 aromatic rings. The van der Waals surface area contributed by atoms with Gasteiger partial charge < -0.3 is 5.11 Å². The monoisotopic (exact) mass is 306 g/mol. The standard InChI is InChI=1S/C20H18OS/c21-20-12-11-19(22-15-17-9-5-2-6-10-17)14-18(20)13-16-7-3-1-4-8-16/h1-12,14,21H,13,15H2. The molecule has 0 bridgehead atoms. The molecule has 0 aliphatic rings. The Kier molecular flexibility index (Phi) is 4.81. The predicted molar refractivity (Wildman–Crippen MR) is 93.4 cm³/mol. The lowest BCUT2D eigenvalue weighted by atomic mass is 10.0. The van der Waals surface area contributed by atoms with Crippen molar-refractivity contribution in [2.75, 3.05) is 0 Å². The summed E-state index contributed by atoms with van der Waals surface area (Å²) in [5, 5.41) is 10.1. The van der Waals surface area contributed by atoms with Crippen LogP contribution in [-0.2, 0) is 12.2 Å². The average molecular weight is 306 g/mol. The van der Waals surface area contributed by atoms with Crippen LogP contribution in [0.1, 0.15) is 16.7 Å². The van der Waals surface area contributed by atoms with Gasteiger partial charge in [0.2, 0.25) is 0 Å². The van der Waals surface area contributed by atoms with E-state index >= 15 is 0 Å². The summed E-state index contributed by atoms with van der Waals surface area (Å²) in [6.07, 6.45) is 0.756. The molecule has 3 rings (SSSR count). The predicted octanol–water partition coefficient (Wildman–Crippen LogP) is 5.28. The fourth-order valence-corrected chi connectivity index (χ4v) is 3.27. The minimum atomic E-state index is 0.368. The minimum absolute atomic E-state index is 0.368. The van der Waals surface area contributed by atoms with E-state index in [4.69, 9.17) is 0 Å². The Labute approximate surface area is 135 Å². The quantitative estimate of drug-likeness (QED) is 0.648. The maximum Gasteiger partial charge on any atom is 0.119 e. The largest absolute Gasteiger partial charge is 0.508 e. The molecule has 0 atom stereocenters. The van der Waals surface area contributed by atoms with Crippen molar-refractivity contribution in [1.29, 1.82) is 0 Å². The summed E-state index contributed by atoms with van der Waals surface area (Å²) in [6.45, 7) is 0. The van der Waals surface area contributed by atoms with E-state index in [0.717, 1.165) is 17.7 Å². The highest BCUT2D eigenvalue weighted by molar-refractivity contribution is 7.98. The Hall–Kier alpha value is -2.19. The highest BCUT2D eigenvalue weighted by atomic mass is 32.2. The summed E-state index contributed by atoms with van der Waals surface area (Å²) < 4.78 is 0. The molecule has 110 valence electrons. The van der Waals surface area contributed by atoms with Crippen molar-refractivity contribution in [3.05, 3.63) is 95.6 Å². The molecule has 0 aliphatic carbocycles. The van der Waals surface area contributed by atoms with E-state index in [1.54, 1.807) is 17.8 Å². The smallest absolute Gasteiger partial charge is 0.119 e. The molecule has 0 heterocycles. The number of rotatable bonds is 5. The van der Waals surface area contributed by atoms with E-state index in [2.05, 4.69) is 42.5 Å². The molecule has 0 saturated carbocycles. The van der Waals surface area contributed by atoms with Gasteiger partial charge in [0.15, 0.2) is 0 Å². The third-order valence-corrected chi connectivity index (χ3v) is 4.60. The first-order valence-electron chi connectivity index (χ1n) is 7.34. The molecule has 0 unspecified atom stereocenters. The van der Waals surface area contributed by atoms with E-state index in [9.17, 15) is 5.11 Å². The van der Waals surface area contributed by atoms with Gasteiger partial charge in [-0.3, -0.25) is 0 Å². The number of hydrogen-bond acceptors (Lipinski definition) is 2. The topological polar surface area (TPSA) is 20.2 Å². The average Bonchev–Trinajstić information content (AvgIpc) is 2.57. The fourth-order valence-electron chi connectivity index (χ4n) is 2.35. The lowest BCUT2D eigenvalue weighted by Gasteiger charge is -2.08. The zero-order chi connectivity index (χ0) is 15.2. The van der Waals surface area contributed by atoms with E-state index < -0.39 is 0 Å². The van der Waals surface area contributed by atoms with Crippen molar-refractivity contribution in [3.63, 3.8) is 0 Å². The Morgan fingerprint density at radius 1 is 0.727 bits per heavy atom. The van der Waals surface area contributed by atoms with Crippen molar-refractivity contribution in [3.8, 4) is 5.75 Å². The first-order valence-corrected chi connectivity index (χ1v) is 8.32. The molecule has 0 saturated heterocycles. The Morgan fingerprint density at radius 3 is 2.05 bits per heavy atom. The van der Waals surface area contributed by atoms with Crippen molar-refractivity contribution in [2.45, 2.75) is 17.1 Å². The fraction of sp³-hybridized carbons (Fsp3) is 0.100. The van der Waals surface area contributed by atoms with E-state index in [0.29, 0.717) is 5.75 Å². The van der Waals surface area contributed by atoms with Crippen LogP contribution in [-0.4, -0.2) is 5.11 Å². The van der Waals surface area contributed by atoms with E-state index in [1.165, 1.54) is 16.0 Å². The van der Waals surface area contributed by atoms with Gasteiger partial charge in [0.1, 0.15) is 5.75 Å². The number of hydrogen-bond donors (Lipinski definition) is 1. The molecule has 0 spiro atoms. The zero-order valence-electron chi connectivity index (χ0n) is 12.3. The lowest BCUT2D eigenvalue weighted by Crippen LogP contribution is -1.89. The van der Waals surface area contributed by atoms with Crippen LogP contribution < -0.4 is 0 Å². The maximum absolute atomic E-state index is 10.1. The third-order valence-electron chi connectivity index (χ3n) is 3.54. The van der Waals surface area contributed by atoms with E-state index in [-0.39, 0.29) is 0 Å². The molecule has 1 nitrogen and oxygen atoms in total. The molecule has 0 fully saturated rings. The number of benzene rings is 3. The van der Waals surface area contributed by atoms with Gasteiger partial charge in [-0.1, -0.05) is 60.7 Å². The van der Waals surface area contributed by atoms with Crippen molar-refractivity contribution in [1.82, 2.24) is 0 Å². The van der Waals surface area contributed by atoms with Gasteiger partial charge in [-0.05, 0) is 34.9 Å². The van der Waals surface area contributed by atoms with Gasteiger partial charge in [0.25, 0.3) is 0 Å². The van der Waals surface area contributed by atoms with Gasteiger partial charge in [-0.2, -0.15) is 0 Å². The SMILES string of the molecule is Oc1ccc(SCc2ccccc2)cc1Cc1ccccc1. The summed E-state index contributed by atoms with van der Waals surface area (Å²) in [5.41, 5.74) is 3.50. The first kappa shape index (κ1) is 14.7. The normalized spacial score (nSPS) is 10.5. The number of phenolic OH excluding ortho intramolecular Hbond substituents is 1. The Morgan fingerprint density at radius 2 is 1.36 bits per heavy atom. The molecular formula is C20H18OS. The number of aromatic hydroxyl groups is 1. The molecule has 0 amide bonds. The maximum atomic E-state index is 10.1. The molecule has 3 aromatic carbocycles. The van der Waals surface area contributed by atoms with Crippen molar-refractivity contribution in [2.24, 2.45) is 0 Å². The van der Waals surface area contributed by atoms with E-state index in [1.807, 2.05) is 30.3 Å². The molecule has 0 aliphatic heterocycles. The molecule has 1 N–H and O–H groups in total. The highest BCUT2D eigenvalue weighted by Crippen LogP contribution is 2.29. The van der Waals surface area contributed by atoms with Crippen LogP contribution in [0.25, 0.3) is 0 Å². The van der Waals surface area contributed by atoms with Crippen LogP contribution in [0, 0.1) is 0 Å². The second-order valence-corrected chi connectivity index (χ2v) is 6.28. The molecular weight excluding hydrogens is 288 g/mol. The van der Waals surface area contributed by atoms with Gasteiger partial charge >= 0.3 is 0 Å². The third kappa shape index (κ3) is 3.92. The number of thioether (sulfide) groups is 1. The van der Waals surface area contributed by atoms with Crippen molar-refractivity contribution >= 4 is 11.8 Å². The molecule has 0 radical (unpaired) electrons. The summed E-state index contributed by atoms with van der Waals surface area (Å²) >= 11 is 1.80. The van der Waals surface area contributed by atoms with Crippen LogP contribution in [0.4, 0.5) is 0 Å². The van der Waals surface area contributed by atoms with Crippen molar-refractivity contribution < 1.29 is 5.11 Å². The minimum Gasteiger partial charge on any atom is -0.508 e. The molecule has 2 heteroatoms. The molecule has 22 heavy (non-hydrogen) atoms. The summed E-state index contributed by atoms with van der Waals surface area (Å²) in [5.74, 6) is 1.31. The van der Waals surface area contributed by atoms with Crippen LogP contribution >= 0.6 is 11.8 Å². The van der Waals surface area contributed by atoms with Gasteiger partial charge in [-0.15, -0.1) is 11.8 Å². The Bertz CT molecular complexity index is 723. The summed E-state index contributed by atoms with van der Waals surface area (Å²) in [7, 11) is 0. The first-order chi connectivity index (χ1) is 10.8. The Balaban J connectivity index is 1.72. The summed E-state index contributed by atoms with van der Waals surface area (Å²) in [4.78, 5) is 1.19. The van der Waals surface area contributed by atoms with Gasteiger partial charge in [0.05, 0.1) is 0 Å². The second kappa shape index (κ2) is 7.19. The number of phenols is 1. The van der Waals surface area contributed by atoms with Gasteiger partial charge in [0, 0.05) is 17.1 Å². The molecule has 0 aromatic heterocycles.